The summed E-state index contributed by atoms with van der Waals surface area (Å²) in [7, 11) is 0. The second-order valence-corrected chi connectivity index (χ2v) is 28.0. The second-order valence-electron chi connectivity index (χ2n) is 25.5. The number of amides is 1. The first-order valence-electron chi connectivity index (χ1n) is 34.4. The molecule has 6 aromatic carbocycles. The van der Waals surface area contributed by atoms with Crippen molar-refractivity contribution in [2.45, 2.75) is 208 Å². The van der Waals surface area contributed by atoms with E-state index >= 15 is 0 Å². The van der Waals surface area contributed by atoms with Gasteiger partial charge in [0.05, 0.1) is 65.1 Å². The van der Waals surface area contributed by atoms with E-state index in [2.05, 4.69) is 5.32 Å². The van der Waals surface area contributed by atoms with Crippen LogP contribution in [0.4, 0.5) is 4.79 Å². The zero-order valence-electron chi connectivity index (χ0n) is 58.7. The molecule has 25 nitrogen and oxygen atoms in total. The maximum absolute atomic E-state index is 14.3. The van der Waals surface area contributed by atoms with Crippen LogP contribution in [0, 0.1) is 0 Å². The molecule has 0 bridgehead atoms. The molecule has 105 heavy (non-hydrogen) atoms. The lowest BCUT2D eigenvalue weighted by molar-refractivity contribution is -0.399. The summed E-state index contributed by atoms with van der Waals surface area (Å²) >= 11 is 18.4. The van der Waals surface area contributed by atoms with Crippen LogP contribution in [0.5, 0.6) is 0 Å². The normalized spacial score (nSPS) is 29.0. The van der Waals surface area contributed by atoms with Gasteiger partial charge < -0.3 is 95.7 Å². The molecule has 4 saturated heterocycles. The lowest BCUT2D eigenvalue weighted by Gasteiger charge is -2.52. The van der Waals surface area contributed by atoms with Crippen LogP contribution in [0.2, 0.25) is 0 Å². The molecule has 566 valence electrons. The molecule has 0 radical (unpaired) electrons. The molecule has 0 aromatic heterocycles. The third-order valence-electron chi connectivity index (χ3n) is 17.4. The van der Waals surface area contributed by atoms with E-state index in [0.717, 1.165) is 16.7 Å². The van der Waals surface area contributed by atoms with Gasteiger partial charge in [-0.05, 0) is 47.2 Å². The van der Waals surface area contributed by atoms with Crippen molar-refractivity contribution in [2.24, 2.45) is 0 Å². The number of carbonyl (C=O) groups is 5. The Morgan fingerprint density at radius 3 is 1.07 bits per heavy atom. The number of nitrogens with one attached hydrogen (secondary N) is 1. The molecule has 4 heterocycles. The second kappa shape index (κ2) is 39.6. The van der Waals surface area contributed by atoms with E-state index in [9.17, 15) is 29.1 Å². The van der Waals surface area contributed by atoms with Crippen molar-refractivity contribution in [3.05, 3.63) is 215 Å². The molecule has 0 unspecified atom stereocenters. The van der Waals surface area contributed by atoms with Crippen LogP contribution in [0.1, 0.15) is 74.9 Å². The number of carbonyl (C=O) groups excluding carboxylic acids is 5. The van der Waals surface area contributed by atoms with Gasteiger partial charge in [-0.25, -0.2) is 4.79 Å². The van der Waals surface area contributed by atoms with Crippen molar-refractivity contribution < 1.29 is 114 Å². The van der Waals surface area contributed by atoms with Crippen LogP contribution in [-0.4, -0.2) is 181 Å². The Hall–Kier alpha value is -7.22. The molecule has 4 aliphatic heterocycles. The van der Waals surface area contributed by atoms with Crippen molar-refractivity contribution in [3.63, 3.8) is 0 Å². The maximum atomic E-state index is 14.3. The van der Waals surface area contributed by atoms with Crippen molar-refractivity contribution >= 4 is 64.8 Å². The summed E-state index contributed by atoms with van der Waals surface area (Å²) in [6.07, 6.45) is -29.3. The molecule has 4 fully saturated rings. The highest BCUT2D eigenvalue weighted by atomic mass is 35.6. The minimum absolute atomic E-state index is 0.0118. The molecule has 28 heteroatoms. The van der Waals surface area contributed by atoms with Gasteiger partial charge in [0.1, 0.15) is 67.6 Å². The van der Waals surface area contributed by atoms with E-state index < -0.39 is 170 Å². The summed E-state index contributed by atoms with van der Waals surface area (Å²) in [5.74, 6) is -3.01. The average molecular weight is 1520 g/mol. The van der Waals surface area contributed by atoms with E-state index in [0.29, 0.717) is 16.7 Å². The first kappa shape index (κ1) is 80.3. The van der Waals surface area contributed by atoms with Gasteiger partial charge in [0, 0.05) is 27.7 Å². The Morgan fingerprint density at radius 1 is 0.381 bits per heavy atom. The Balaban J connectivity index is 1.16. The average Bonchev–Trinajstić information content (AvgIpc) is 0.757. The van der Waals surface area contributed by atoms with Crippen molar-refractivity contribution in [3.8, 4) is 0 Å². The van der Waals surface area contributed by atoms with Gasteiger partial charge in [0.25, 0.3) is 0 Å². The summed E-state index contributed by atoms with van der Waals surface area (Å²) in [6.45, 7) is 6.22. The molecular weight excluding hydrogens is 1430 g/mol. The Morgan fingerprint density at radius 2 is 0.695 bits per heavy atom. The number of hydrogen-bond donors (Lipinski definition) is 2. The number of benzene rings is 6. The third kappa shape index (κ3) is 23.9. The number of alkyl carbamates (subject to hydrolysis) is 1. The van der Waals surface area contributed by atoms with Gasteiger partial charge in [-0.15, -0.1) is 0 Å². The van der Waals surface area contributed by atoms with E-state index in [-0.39, 0.29) is 46.2 Å². The molecule has 10 rings (SSSR count). The third-order valence-corrected chi connectivity index (χ3v) is 17.7. The number of rotatable bonds is 32. The smallest absolute Gasteiger partial charge is 0.407 e. The molecule has 6 aromatic rings. The lowest BCUT2D eigenvalue weighted by Crippen LogP contribution is -2.70. The predicted octanol–water partition coefficient (Wildman–Crippen LogP) is 10.0. The van der Waals surface area contributed by atoms with Gasteiger partial charge in [-0.2, -0.15) is 0 Å². The van der Waals surface area contributed by atoms with Gasteiger partial charge >= 0.3 is 30.0 Å². The van der Waals surface area contributed by atoms with E-state index in [1.807, 2.05) is 158 Å². The van der Waals surface area contributed by atoms with Crippen LogP contribution in [0.15, 0.2) is 182 Å². The Bertz CT molecular complexity index is 3640. The molecule has 0 aliphatic carbocycles. The topological polar surface area (TPSA) is 284 Å². The fourth-order valence-corrected chi connectivity index (χ4v) is 12.8. The Labute approximate surface area is 624 Å². The van der Waals surface area contributed by atoms with Crippen LogP contribution in [0.3, 0.4) is 0 Å². The summed E-state index contributed by atoms with van der Waals surface area (Å²) < 4.78 is 118. The molecular formula is C77H88Cl3NO24. The number of hydrogen-bond acceptors (Lipinski definition) is 24. The first-order valence-corrected chi connectivity index (χ1v) is 35.6. The van der Waals surface area contributed by atoms with Crippen LogP contribution < -0.4 is 5.32 Å². The molecule has 0 saturated carbocycles. The standard InChI is InChI=1S/C77H88Cl3NO24/c1-46-61(97-48(3)82)67(99-50(5)84)69(92-41-56-33-21-11-22-34-56)73(95-46)104-65-60(81-76(87)94-45-77(78,79)80)72(86)101-59(44-89-38-53-27-15-8-16-28-53)64(65)103-75-71(105-74-70(93-42-57-35-23-12-24-36-57)68(100-51(6)85)62(47(2)96-74)98-49(4)83)66(91-40-55-31-19-10-20-32-55)63(90-39-54-29-17-9-18-30-54)58(102-75)43-88-37-52-25-13-7-14-26-52/h7-36,46-47,58-75,86H,37-45H2,1-6H3,(H,81,87)/t46-,47-,58+,59+,60+,61+,62+,63-,64+,65+,66-,67+,68+,69-,70-,71+,72+,73-,74-,75-/m0/s1. The van der Waals surface area contributed by atoms with Crippen LogP contribution in [-0.2, 0) is 144 Å². The fourth-order valence-electron chi connectivity index (χ4n) is 12.7. The summed E-state index contributed by atoms with van der Waals surface area (Å²) in [5.41, 5.74) is 4.39. The number of esters is 4. The zero-order valence-corrected chi connectivity index (χ0v) is 61.0. The van der Waals surface area contributed by atoms with Crippen molar-refractivity contribution in [2.75, 3.05) is 19.8 Å². The van der Waals surface area contributed by atoms with E-state index in [4.69, 9.17) is 120 Å². The minimum Gasteiger partial charge on any atom is -0.456 e. The lowest BCUT2D eigenvalue weighted by atomic mass is 9.94. The number of halogens is 3. The number of aliphatic hydroxyl groups is 1. The van der Waals surface area contributed by atoms with Crippen molar-refractivity contribution in [1.29, 1.82) is 0 Å². The monoisotopic (exact) mass is 1520 g/mol. The van der Waals surface area contributed by atoms with Gasteiger partial charge in [0.2, 0.25) is 3.79 Å². The quantitative estimate of drug-likeness (QED) is 0.0225. The number of ether oxygens (including phenoxy) is 18. The van der Waals surface area contributed by atoms with Crippen molar-refractivity contribution in [1.82, 2.24) is 5.32 Å². The maximum Gasteiger partial charge on any atom is 0.407 e. The Kier molecular flexibility index (Phi) is 30.3. The van der Waals surface area contributed by atoms with Crippen LogP contribution in [0.25, 0.3) is 0 Å². The van der Waals surface area contributed by atoms with E-state index in [1.54, 1.807) is 38.1 Å². The molecule has 2 N–H and O–H groups in total. The zero-order chi connectivity index (χ0) is 74.4. The van der Waals surface area contributed by atoms with Crippen LogP contribution >= 0.6 is 34.8 Å². The SMILES string of the molecule is CC(=O)O[C@H]1[C@H](OCc2ccccc2)[C@H](O[C@@H]2[C@@H](NC(=O)OCC(Cl)(Cl)Cl)[C@H](O)O[C@H](COCc3ccccc3)[C@H]2O[C@@H]2O[C@H](COCc3ccccc3)[C@H](OCc3ccccc3)[C@H](OCc3ccccc3)[C@H]2O[C@@H]2O[C@@H](C)[C@@H](OC(C)=O)[C@@H](OC(C)=O)[C@@H]2OCc2ccccc2)O[C@@H](C)[C@H]1OC(C)=O. The first-order chi connectivity index (χ1) is 50.6. The molecule has 4 aliphatic rings. The highest BCUT2D eigenvalue weighted by molar-refractivity contribution is 6.67. The molecule has 1 amide bonds. The minimum atomic E-state index is -2.12. The largest absolute Gasteiger partial charge is 0.456 e. The number of alkyl halides is 3. The fraction of sp³-hybridized carbons (Fsp3) is 0.468. The van der Waals surface area contributed by atoms with Gasteiger partial charge in [-0.1, -0.05) is 217 Å². The number of aliphatic hydroxyl groups excluding tert-OH is 1. The van der Waals surface area contributed by atoms with Gasteiger partial charge in [-0.3, -0.25) is 19.2 Å². The highest BCUT2D eigenvalue weighted by Gasteiger charge is 2.59. The summed E-state index contributed by atoms with van der Waals surface area (Å²) in [6, 6.07) is 53.6. The molecule has 0 spiro atoms. The summed E-state index contributed by atoms with van der Waals surface area (Å²) in [5, 5.41) is 15.3. The van der Waals surface area contributed by atoms with Gasteiger partial charge in [0.15, 0.2) is 49.6 Å². The summed E-state index contributed by atoms with van der Waals surface area (Å²) in [4.78, 5) is 67.1. The molecule has 20 atom stereocenters. The predicted molar refractivity (Wildman–Crippen MR) is 376 cm³/mol. The van der Waals surface area contributed by atoms with E-state index in [1.165, 1.54) is 27.7 Å². The highest BCUT2D eigenvalue weighted by Crippen LogP contribution is 2.41.